The SMILES string of the molecule is O=C(O)c1ccccc1NCc1cc(F)ccc1F. The lowest BCUT2D eigenvalue weighted by atomic mass is 10.1. The summed E-state index contributed by atoms with van der Waals surface area (Å²) in [6.07, 6.45) is 0. The highest BCUT2D eigenvalue weighted by Gasteiger charge is 2.09. The van der Waals surface area contributed by atoms with Crippen LogP contribution in [0.1, 0.15) is 15.9 Å². The lowest BCUT2D eigenvalue weighted by Gasteiger charge is -2.10. The maximum absolute atomic E-state index is 13.4. The molecule has 3 nitrogen and oxygen atoms in total. The van der Waals surface area contributed by atoms with Crippen LogP contribution in [0.15, 0.2) is 42.5 Å². The number of carboxylic acids is 1. The van der Waals surface area contributed by atoms with Crippen molar-refractivity contribution < 1.29 is 18.7 Å². The molecule has 0 atom stereocenters. The van der Waals surface area contributed by atoms with Crippen molar-refractivity contribution in [3.8, 4) is 0 Å². The van der Waals surface area contributed by atoms with Crippen molar-refractivity contribution >= 4 is 11.7 Å². The molecule has 0 spiro atoms. The summed E-state index contributed by atoms with van der Waals surface area (Å²) in [5.74, 6) is -2.16. The van der Waals surface area contributed by atoms with Crippen LogP contribution in [-0.4, -0.2) is 11.1 Å². The average molecular weight is 263 g/mol. The van der Waals surface area contributed by atoms with Crippen LogP contribution in [0.2, 0.25) is 0 Å². The predicted octanol–water partition coefficient (Wildman–Crippen LogP) is 3.28. The maximum Gasteiger partial charge on any atom is 0.337 e. The summed E-state index contributed by atoms with van der Waals surface area (Å²) < 4.78 is 26.4. The lowest BCUT2D eigenvalue weighted by Crippen LogP contribution is -2.07. The first-order valence-electron chi connectivity index (χ1n) is 5.58. The molecule has 0 radical (unpaired) electrons. The number of aromatic carboxylic acids is 1. The zero-order valence-corrected chi connectivity index (χ0v) is 9.86. The Morgan fingerprint density at radius 2 is 1.89 bits per heavy atom. The summed E-state index contributed by atoms with van der Waals surface area (Å²) in [7, 11) is 0. The third-order valence-corrected chi connectivity index (χ3v) is 2.63. The zero-order valence-electron chi connectivity index (χ0n) is 9.86. The van der Waals surface area contributed by atoms with Gasteiger partial charge in [-0.25, -0.2) is 13.6 Å². The van der Waals surface area contributed by atoms with Gasteiger partial charge in [-0.2, -0.15) is 0 Å². The second kappa shape index (κ2) is 5.48. The number of benzene rings is 2. The van der Waals surface area contributed by atoms with Crippen molar-refractivity contribution in [1.29, 1.82) is 0 Å². The van der Waals surface area contributed by atoms with Crippen LogP contribution in [0.5, 0.6) is 0 Å². The van der Waals surface area contributed by atoms with Crippen LogP contribution >= 0.6 is 0 Å². The lowest BCUT2D eigenvalue weighted by molar-refractivity contribution is 0.0698. The number of hydrogen-bond donors (Lipinski definition) is 2. The summed E-state index contributed by atoms with van der Waals surface area (Å²) in [5.41, 5.74) is 0.582. The quantitative estimate of drug-likeness (QED) is 0.890. The molecule has 0 saturated carbocycles. The third kappa shape index (κ3) is 3.07. The Hall–Kier alpha value is -2.43. The van der Waals surface area contributed by atoms with E-state index in [-0.39, 0.29) is 17.7 Å². The van der Waals surface area contributed by atoms with E-state index in [0.29, 0.717) is 5.69 Å². The van der Waals surface area contributed by atoms with Crippen molar-refractivity contribution in [2.75, 3.05) is 5.32 Å². The number of para-hydroxylation sites is 1. The average Bonchev–Trinajstić information content (AvgIpc) is 2.40. The van der Waals surface area contributed by atoms with E-state index in [9.17, 15) is 13.6 Å². The summed E-state index contributed by atoms with van der Waals surface area (Å²) >= 11 is 0. The van der Waals surface area contributed by atoms with Gasteiger partial charge in [0, 0.05) is 17.8 Å². The number of carboxylic acid groups (broad SMARTS) is 1. The van der Waals surface area contributed by atoms with E-state index in [4.69, 9.17) is 5.11 Å². The minimum absolute atomic E-state index is 0.00782. The van der Waals surface area contributed by atoms with Gasteiger partial charge in [0.25, 0.3) is 0 Å². The first-order chi connectivity index (χ1) is 9.08. The molecular weight excluding hydrogens is 252 g/mol. The van der Waals surface area contributed by atoms with Gasteiger partial charge in [-0.3, -0.25) is 0 Å². The first-order valence-corrected chi connectivity index (χ1v) is 5.58. The van der Waals surface area contributed by atoms with Gasteiger partial charge in [-0.15, -0.1) is 0 Å². The van der Waals surface area contributed by atoms with Gasteiger partial charge in [0.1, 0.15) is 11.6 Å². The van der Waals surface area contributed by atoms with Crippen LogP contribution in [0.3, 0.4) is 0 Å². The Labute approximate surface area is 108 Å². The van der Waals surface area contributed by atoms with E-state index in [1.807, 2.05) is 0 Å². The summed E-state index contributed by atoms with van der Waals surface area (Å²) in [5, 5.41) is 11.8. The predicted molar refractivity (Wildman–Crippen MR) is 67.1 cm³/mol. The number of carbonyl (C=O) groups is 1. The molecule has 0 aliphatic heterocycles. The van der Waals surface area contributed by atoms with E-state index >= 15 is 0 Å². The Morgan fingerprint density at radius 1 is 1.16 bits per heavy atom. The molecule has 0 fully saturated rings. The van der Waals surface area contributed by atoms with Crippen LogP contribution in [0, 0.1) is 11.6 Å². The fourth-order valence-electron chi connectivity index (χ4n) is 1.69. The minimum atomic E-state index is -1.08. The van der Waals surface area contributed by atoms with Gasteiger partial charge in [0.15, 0.2) is 0 Å². The number of hydrogen-bond acceptors (Lipinski definition) is 2. The smallest absolute Gasteiger partial charge is 0.337 e. The maximum atomic E-state index is 13.4. The largest absolute Gasteiger partial charge is 0.478 e. The van der Waals surface area contributed by atoms with Gasteiger partial charge in [-0.1, -0.05) is 12.1 Å². The Morgan fingerprint density at radius 3 is 2.63 bits per heavy atom. The Balaban J connectivity index is 2.19. The molecule has 2 aromatic carbocycles. The number of halogens is 2. The highest BCUT2D eigenvalue weighted by atomic mass is 19.1. The molecule has 2 aromatic rings. The molecule has 19 heavy (non-hydrogen) atoms. The molecule has 0 unspecified atom stereocenters. The standard InChI is InChI=1S/C14H11F2NO2/c15-10-5-6-12(16)9(7-10)8-17-13-4-2-1-3-11(13)14(18)19/h1-7,17H,8H2,(H,18,19). The Kier molecular flexibility index (Phi) is 3.75. The van der Waals surface area contributed by atoms with E-state index in [0.717, 1.165) is 18.2 Å². The van der Waals surface area contributed by atoms with E-state index in [1.54, 1.807) is 18.2 Å². The first kappa shape index (κ1) is 13.0. The highest BCUT2D eigenvalue weighted by Crippen LogP contribution is 2.17. The van der Waals surface area contributed by atoms with Gasteiger partial charge in [-0.05, 0) is 30.3 Å². The normalized spacial score (nSPS) is 10.2. The molecule has 0 heterocycles. The van der Waals surface area contributed by atoms with Crippen molar-refractivity contribution in [3.63, 3.8) is 0 Å². The van der Waals surface area contributed by atoms with Crippen molar-refractivity contribution in [2.24, 2.45) is 0 Å². The van der Waals surface area contributed by atoms with Crippen LogP contribution in [-0.2, 0) is 6.54 Å². The van der Waals surface area contributed by atoms with Crippen LogP contribution in [0.4, 0.5) is 14.5 Å². The molecule has 0 aliphatic rings. The van der Waals surface area contributed by atoms with Gasteiger partial charge in [0.2, 0.25) is 0 Å². The molecule has 2 rings (SSSR count). The second-order valence-electron chi connectivity index (χ2n) is 3.94. The molecule has 0 aliphatic carbocycles. The topological polar surface area (TPSA) is 49.3 Å². The van der Waals surface area contributed by atoms with E-state index < -0.39 is 17.6 Å². The van der Waals surface area contributed by atoms with Gasteiger partial charge >= 0.3 is 5.97 Å². The Bertz CT molecular complexity index is 614. The minimum Gasteiger partial charge on any atom is -0.478 e. The van der Waals surface area contributed by atoms with Gasteiger partial charge < -0.3 is 10.4 Å². The second-order valence-corrected chi connectivity index (χ2v) is 3.94. The summed E-state index contributed by atoms with van der Waals surface area (Å²) in [6, 6.07) is 9.41. The zero-order chi connectivity index (χ0) is 13.8. The summed E-state index contributed by atoms with van der Waals surface area (Å²) in [6.45, 7) is 0.00782. The fourth-order valence-corrected chi connectivity index (χ4v) is 1.69. The molecule has 0 bridgehead atoms. The van der Waals surface area contributed by atoms with Crippen molar-refractivity contribution in [1.82, 2.24) is 0 Å². The molecule has 5 heteroatoms. The molecular formula is C14H11F2NO2. The van der Waals surface area contributed by atoms with E-state index in [1.165, 1.54) is 6.07 Å². The van der Waals surface area contributed by atoms with Crippen molar-refractivity contribution in [3.05, 3.63) is 65.2 Å². The molecule has 0 saturated heterocycles. The number of rotatable bonds is 4. The van der Waals surface area contributed by atoms with Gasteiger partial charge in [0.05, 0.1) is 5.56 Å². The van der Waals surface area contributed by atoms with Crippen LogP contribution < -0.4 is 5.32 Å². The number of nitrogens with one attached hydrogen (secondary N) is 1. The van der Waals surface area contributed by atoms with Crippen molar-refractivity contribution in [2.45, 2.75) is 6.54 Å². The monoisotopic (exact) mass is 263 g/mol. The highest BCUT2D eigenvalue weighted by molar-refractivity contribution is 5.94. The van der Waals surface area contributed by atoms with E-state index in [2.05, 4.69) is 5.32 Å². The molecule has 98 valence electrons. The molecule has 2 N–H and O–H groups in total. The van der Waals surface area contributed by atoms with Crippen LogP contribution in [0.25, 0.3) is 0 Å². The summed E-state index contributed by atoms with van der Waals surface area (Å²) in [4.78, 5) is 11.0. The fraction of sp³-hybridized carbons (Fsp3) is 0.0714. The molecule has 0 amide bonds. The molecule has 0 aromatic heterocycles. The third-order valence-electron chi connectivity index (χ3n) is 2.63. The number of anilines is 1.